The molecule has 0 aliphatic heterocycles. The Kier molecular flexibility index (Phi) is 3.97. The summed E-state index contributed by atoms with van der Waals surface area (Å²) in [5.74, 6) is 0.0871. The molecule has 0 bridgehead atoms. The van der Waals surface area contributed by atoms with Crippen LogP contribution in [-0.2, 0) is 4.79 Å². The molecular weight excluding hydrogens is 238 g/mol. The van der Waals surface area contributed by atoms with Crippen LogP contribution in [0.3, 0.4) is 0 Å². The fraction of sp³-hybridized carbons (Fsp3) is 0.500. The molecule has 0 aromatic carbocycles. The molecule has 0 saturated heterocycles. The molecule has 3 N–H and O–H groups in total. The lowest BCUT2D eigenvalue weighted by molar-refractivity contribution is -0.120. The second kappa shape index (κ2) is 5.47. The molecular formula is C12H16ClN3O. The molecule has 5 heteroatoms. The number of rotatable bonds is 2. The minimum absolute atomic E-state index is 0.0324. The van der Waals surface area contributed by atoms with Gasteiger partial charge in [-0.2, -0.15) is 0 Å². The number of hydrogen-bond acceptors (Lipinski definition) is 3. The molecule has 1 aliphatic carbocycles. The Hall–Kier alpha value is -1.13. The van der Waals surface area contributed by atoms with Crippen LogP contribution in [0.15, 0.2) is 18.5 Å². The lowest BCUT2D eigenvalue weighted by Gasteiger charge is -2.25. The van der Waals surface area contributed by atoms with Crippen molar-refractivity contribution < 1.29 is 4.79 Å². The fourth-order valence-corrected chi connectivity index (χ4v) is 2.26. The number of halogens is 1. The van der Waals surface area contributed by atoms with Gasteiger partial charge in [0.05, 0.1) is 10.7 Å². The number of amides is 1. The summed E-state index contributed by atoms with van der Waals surface area (Å²) >= 11 is 5.93. The van der Waals surface area contributed by atoms with Gasteiger partial charge in [0.25, 0.3) is 0 Å². The third-order valence-electron chi connectivity index (χ3n) is 3.17. The average Bonchev–Trinajstić information content (AvgIpc) is 2.33. The Morgan fingerprint density at radius 2 is 2.12 bits per heavy atom. The van der Waals surface area contributed by atoms with Gasteiger partial charge in [0, 0.05) is 24.4 Å². The van der Waals surface area contributed by atoms with E-state index in [4.69, 9.17) is 17.3 Å². The van der Waals surface area contributed by atoms with Crippen molar-refractivity contribution in [3.63, 3.8) is 0 Å². The van der Waals surface area contributed by atoms with Crippen LogP contribution in [0.1, 0.15) is 25.7 Å². The molecule has 1 aromatic rings. The Morgan fingerprint density at radius 1 is 1.41 bits per heavy atom. The SMILES string of the molecule is N[C@H]1CC[C@H](C(=O)Nc2ccncc2Cl)CC1. The molecule has 92 valence electrons. The maximum Gasteiger partial charge on any atom is 0.227 e. The van der Waals surface area contributed by atoms with Gasteiger partial charge in [-0.3, -0.25) is 9.78 Å². The van der Waals surface area contributed by atoms with E-state index in [1.807, 2.05) is 0 Å². The van der Waals surface area contributed by atoms with Gasteiger partial charge in [-0.05, 0) is 31.7 Å². The van der Waals surface area contributed by atoms with Gasteiger partial charge in [-0.15, -0.1) is 0 Å². The number of anilines is 1. The normalized spacial score (nSPS) is 24.4. The summed E-state index contributed by atoms with van der Waals surface area (Å²) in [6.07, 6.45) is 6.68. The number of nitrogens with zero attached hydrogens (tertiary/aromatic N) is 1. The van der Waals surface area contributed by atoms with Gasteiger partial charge < -0.3 is 11.1 Å². The largest absolute Gasteiger partial charge is 0.328 e. The minimum atomic E-state index is 0.0324. The fourth-order valence-electron chi connectivity index (χ4n) is 2.09. The van der Waals surface area contributed by atoms with Crippen LogP contribution in [0.2, 0.25) is 5.02 Å². The number of pyridine rings is 1. The number of nitrogens with one attached hydrogen (secondary N) is 1. The summed E-state index contributed by atoms with van der Waals surface area (Å²) in [5, 5.41) is 3.31. The van der Waals surface area contributed by atoms with E-state index in [2.05, 4.69) is 10.3 Å². The van der Waals surface area contributed by atoms with Crippen molar-refractivity contribution in [1.29, 1.82) is 0 Å². The van der Waals surface area contributed by atoms with Crippen molar-refractivity contribution in [2.45, 2.75) is 31.7 Å². The highest BCUT2D eigenvalue weighted by Crippen LogP contribution is 2.26. The Morgan fingerprint density at radius 3 is 2.76 bits per heavy atom. The molecule has 17 heavy (non-hydrogen) atoms. The molecule has 1 heterocycles. The highest BCUT2D eigenvalue weighted by Gasteiger charge is 2.24. The van der Waals surface area contributed by atoms with Gasteiger partial charge in [-0.1, -0.05) is 11.6 Å². The predicted octanol–water partition coefficient (Wildman–Crippen LogP) is 2.19. The number of aromatic nitrogens is 1. The van der Waals surface area contributed by atoms with Crippen LogP contribution in [0.5, 0.6) is 0 Å². The van der Waals surface area contributed by atoms with E-state index in [0.717, 1.165) is 25.7 Å². The summed E-state index contributed by atoms with van der Waals surface area (Å²) in [7, 11) is 0. The molecule has 1 aromatic heterocycles. The molecule has 0 atom stereocenters. The van der Waals surface area contributed by atoms with Crippen molar-refractivity contribution >= 4 is 23.2 Å². The van der Waals surface area contributed by atoms with Crippen LogP contribution < -0.4 is 11.1 Å². The maximum absolute atomic E-state index is 12.0. The quantitative estimate of drug-likeness (QED) is 0.849. The van der Waals surface area contributed by atoms with Gasteiger partial charge in [0.15, 0.2) is 0 Å². The minimum Gasteiger partial charge on any atom is -0.328 e. The first-order valence-corrected chi connectivity index (χ1v) is 6.20. The number of carbonyl (C=O) groups excluding carboxylic acids is 1. The highest BCUT2D eigenvalue weighted by molar-refractivity contribution is 6.33. The first-order valence-electron chi connectivity index (χ1n) is 5.83. The van der Waals surface area contributed by atoms with Crippen LogP contribution in [-0.4, -0.2) is 16.9 Å². The van der Waals surface area contributed by atoms with Gasteiger partial charge in [0.1, 0.15) is 0 Å². The van der Waals surface area contributed by atoms with Crippen LogP contribution in [0.25, 0.3) is 0 Å². The first-order chi connectivity index (χ1) is 8.16. The summed E-state index contributed by atoms with van der Waals surface area (Å²) < 4.78 is 0. The Balaban J connectivity index is 1.95. The monoisotopic (exact) mass is 253 g/mol. The first kappa shape index (κ1) is 12.3. The molecule has 1 aliphatic rings. The van der Waals surface area contributed by atoms with E-state index in [1.54, 1.807) is 12.3 Å². The zero-order chi connectivity index (χ0) is 12.3. The van der Waals surface area contributed by atoms with Crippen molar-refractivity contribution in [3.05, 3.63) is 23.5 Å². The second-order valence-electron chi connectivity index (χ2n) is 4.46. The molecule has 1 amide bonds. The van der Waals surface area contributed by atoms with E-state index in [-0.39, 0.29) is 17.9 Å². The topological polar surface area (TPSA) is 68.0 Å². The lowest BCUT2D eigenvalue weighted by atomic mass is 9.86. The Labute approximate surface area is 106 Å². The van der Waals surface area contributed by atoms with Gasteiger partial charge in [-0.25, -0.2) is 0 Å². The van der Waals surface area contributed by atoms with Crippen molar-refractivity contribution in [2.75, 3.05) is 5.32 Å². The van der Waals surface area contributed by atoms with Crippen molar-refractivity contribution in [2.24, 2.45) is 11.7 Å². The zero-order valence-electron chi connectivity index (χ0n) is 9.53. The van der Waals surface area contributed by atoms with Crippen LogP contribution >= 0.6 is 11.6 Å². The van der Waals surface area contributed by atoms with Gasteiger partial charge >= 0.3 is 0 Å². The van der Waals surface area contributed by atoms with Crippen LogP contribution in [0, 0.1) is 5.92 Å². The number of hydrogen-bond donors (Lipinski definition) is 2. The van der Waals surface area contributed by atoms with Crippen molar-refractivity contribution in [1.82, 2.24) is 4.98 Å². The summed E-state index contributed by atoms with van der Waals surface area (Å²) in [5.41, 5.74) is 6.44. The molecule has 0 spiro atoms. The van der Waals surface area contributed by atoms with Crippen LogP contribution in [0.4, 0.5) is 5.69 Å². The van der Waals surface area contributed by atoms with Gasteiger partial charge in [0.2, 0.25) is 5.91 Å². The number of carbonyl (C=O) groups is 1. The predicted molar refractivity (Wildman–Crippen MR) is 67.8 cm³/mol. The van der Waals surface area contributed by atoms with E-state index in [0.29, 0.717) is 10.7 Å². The van der Waals surface area contributed by atoms with E-state index in [9.17, 15) is 4.79 Å². The average molecular weight is 254 g/mol. The lowest BCUT2D eigenvalue weighted by Crippen LogP contribution is -2.32. The molecule has 2 rings (SSSR count). The Bertz CT molecular complexity index is 402. The highest BCUT2D eigenvalue weighted by atomic mass is 35.5. The summed E-state index contributed by atoms with van der Waals surface area (Å²) in [4.78, 5) is 15.9. The zero-order valence-corrected chi connectivity index (χ0v) is 10.3. The van der Waals surface area contributed by atoms with E-state index >= 15 is 0 Å². The molecule has 1 saturated carbocycles. The molecule has 4 nitrogen and oxygen atoms in total. The second-order valence-corrected chi connectivity index (χ2v) is 4.86. The summed E-state index contributed by atoms with van der Waals surface area (Å²) in [6.45, 7) is 0. The smallest absolute Gasteiger partial charge is 0.227 e. The molecule has 0 unspecified atom stereocenters. The third-order valence-corrected chi connectivity index (χ3v) is 3.47. The number of nitrogens with two attached hydrogens (primary N) is 1. The third kappa shape index (κ3) is 3.17. The molecule has 0 radical (unpaired) electrons. The van der Waals surface area contributed by atoms with E-state index in [1.165, 1.54) is 6.20 Å². The molecule has 1 fully saturated rings. The maximum atomic E-state index is 12.0. The summed E-state index contributed by atoms with van der Waals surface area (Å²) in [6, 6.07) is 1.96. The van der Waals surface area contributed by atoms with E-state index < -0.39 is 0 Å². The van der Waals surface area contributed by atoms with Crippen molar-refractivity contribution in [3.8, 4) is 0 Å². The standard InChI is InChI=1S/C12H16ClN3O/c13-10-7-15-6-5-11(10)16-12(17)8-1-3-9(14)4-2-8/h5-9H,1-4,14H2,(H,15,16,17)/t8-,9-.